The second-order valence-electron chi connectivity index (χ2n) is 6.39. The lowest BCUT2D eigenvalue weighted by molar-refractivity contribution is 0.265. The molecular weight excluding hydrogens is 376 g/mol. The lowest BCUT2D eigenvalue weighted by Crippen LogP contribution is -2.33. The van der Waals surface area contributed by atoms with Gasteiger partial charge < -0.3 is 5.32 Å². The fourth-order valence-electron chi connectivity index (χ4n) is 3.10. The van der Waals surface area contributed by atoms with E-state index in [1.54, 1.807) is 6.07 Å². The Morgan fingerprint density at radius 3 is 2.71 bits per heavy atom. The third-order valence-corrected chi connectivity index (χ3v) is 5.31. The van der Waals surface area contributed by atoms with Crippen LogP contribution in [0.1, 0.15) is 37.4 Å². The summed E-state index contributed by atoms with van der Waals surface area (Å²) in [5.74, 6) is -0.187. The van der Waals surface area contributed by atoms with Gasteiger partial charge in [-0.05, 0) is 70.2 Å². The topological polar surface area (TPSA) is 12.0 Å². The van der Waals surface area contributed by atoms with Crippen molar-refractivity contribution in [3.8, 4) is 0 Å². The molecule has 0 fully saturated rings. The number of fused-ring (bicyclic) bond motifs is 1. The van der Waals surface area contributed by atoms with Crippen LogP contribution in [0, 0.1) is 14.8 Å². The van der Waals surface area contributed by atoms with E-state index in [4.69, 9.17) is 0 Å². The summed E-state index contributed by atoms with van der Waals surface area (Å²) in [4.78, 5) is 0. The fraction of sp³-hybridized carbons (Fsp3) is 0.333. The van der Waals surface area contributed by atoms with Gasteiger partial charge in [0.15, 0.2) is 0 Å². The van der Waals surface area contributed by atoms with Gasteiger partial charge in [-0.15, -0.1) is 0 Å². The minimum atomic E-state index is -0.187. The third-order valence-electron chi connectivity index (χ3n) is 4.42. The molecule has 2 aromatic rings. The smallest absolute Gasteiger partial charge is 0.124 e. The van der Waals surface area contributed by atoms with Crippen LogP contribution in [0.15, 0.2) is 42.5 Å². The Balaban J connectivity index is 1.99. The van der Waals surface area contributed by atoms with Crippen molar-refractivity contribution in [1.29, 1.82) is 0 Å². The molecule has 0 aromatic heterocycles. The van der Waals surface area contributed by atoms with Gasteiger partial charge in [-0.2, -0.15) is 0 Å². The molecule has 3 heteroatoms. The summed E-state index contributed by atoms with van der Waals surface area (Å²) in [6.07, 6.45) is 2.28. The number of rotatable bonds is 2. The normalized spacial score (nSPS) is 19.9. The Morgan fingerprint density at radius 2 is 1.95 bits per heavy atom. The van der Waals surface area contributed by atoms with Crippen molar-refractivity contribution in [1.82, 2.24) is 0 Å². The van der Waals surface area contributed by atoms with Gasteiger partial charge in [0.1, 0.15) is 5.82 Å². The zero-order valence-electron chi connectivity index (χ0n) is 12.3. The molecule has 1 nitrogen and oxygen atoms in total. The largest absolute Gasteiger partial charge is 0.377 e. The molecule has 0 bridgehead atoms. The summed E-state index contributed by atoms with van der Waals surface area (Å²) in [7, 11) is 0. The maximum atomic E-state index is 13.3. The predicted molar refractivity (Wildman–Crippen MR) is 94.0 cm³/mol. The molecule has 1 N–H and O–H groups in total. The first-order valence-corrected chi connectivity index (χ1v) is 8.35. The van der Waals surface area contributed by atoms with Crippen molar-refractivity contribution in [2.75, 3.05) is 5.32 Å². The van der Waals surface area contributed by atoms with Crippen LogP contribution >= 0.6 is 22.6 Å². The van der Waals surface area contributed by atoms with Crippen LogP contribution < -0.4 is 5.32 Å². The maximum Gasteiger partial charge on any atom is 0.124 e. The molecule has 1 aliphatic carbocycles. The Labute approximate surface area is 139 Å². The lowest BCUT2D eigenvalue weighted by Gasteiger charge is -2.41. The standard InChI is InChI=1S/C18H19FIN/c1-18(2)10-9-12-5-3-4-6-14(12)17(18)21-16-8-7-13(19)11-15(16)20/h3-8,11,17,21H,9-10H2,1-2H3. The molecule has 0 amide bonds. The molecule has 2 aromatic carbocycles. The van der Waals surface area contributed by atoms with E-state index in [2.05, 4.69) is 66.0 Å². The first kappa shape index (κ1) is 14.8. The molecule has 3 rings (SSSR count). The highest BCUT2D eigenvalue weighted by atomic mass is 127. The van der Waals surface area contributed by atoms with Crippen LogP contribution in [0.4, 0.5) is 10.1 Å². The number of nitrogens with one attached hydrogen (secondary N) is 1. The summed E-state index contributed by atoms with van der Waals surface area (Å²) in [5, 5.41) is 3.65. The predicted octanol–water partition coefficient (Wildman–Crippen LogP) is 5.56. The van der Waals surface area contributed by atoms with Crippen LogP contribution in [0.25, 0.3) is 0 Å². The Morgan fingerprint density at radius 1 is 1.19 bits per heavy atom. The second-order valence-corrected chi connectivity index (χ2v) is 7.55. The van der Waals surface area contributed by atoms with Crippen molar-refractivity contribution in [3.63, 3.8) is 0 Å². The third kappa shape index (κ3) is 2.93. The molecule has 0 radical (unpaired) electrons. The quantitative estimate of drug-likeness (QED) is 0.657. The number of anilines is 1. The van der Waals surface area contributed by atoms with Gasteiger partial charge in [-0.1, -0.05) is 38.1 Å². The molecule has 0 heterocycles. The van der Waals surface area contributed by atoms with Gasteiger partial charge in [0.05, 0.1) is 6.04 Å². The van der Waals surface area contributed by atoms with Crippen LogP contribution in [-0.2, 0) is 6.42 Å². The van der Waals surface area contributed by atoms with Crippen molar-refractivity contribution < 1.29 is 4.39 Å². The summed E-state index contributed by atoms with van der Waals surface area (Å²) < 4.78 is 14.2. The maximum absolute atomic E-state index is 13.3. The van der Waals surface area contributed by atoms with Crippen molar-refractivity contribution in [2.45, 2.75) is 32.7 Å². The van der Waals surface area contributed by atoms with Crippen molar-refractivity contribution in [3.05, 3.63) is 63.0 Å². The van der Waals surface area contributed by atoms with Crippen molar-refractivity contribution >= 4 is 28.3 Å². The van der Waals surface area contributed by atoms with E-state index < -0.39 is 0 Å². The van der Waals surface area contributed by atoms with E-state index in [1.807, 2.05) is 6.07 Å². The van der Waals surface area contributed by atoms with Gasteiger partial charge in [-0.25, -0.2) is 4.39 Å². The highest BCUT2D eigenvalue weighted by Gasteiger charge is 2.35. The molecule has 1 atom stereocenters. The Kier molecular flexibility index (Phi) is 3.95. The summed E-state index contributed by atoms with van der Waals surface area (Å²) in [6, 6.07) is 13.8. The van der Waals surface area contributed by atoms with E-state index in [-0.39, 0.29) is 17.3 Å². The molecule has 21 heavy (non-hydrogen) atoms. The highest BCUT2D eigenvalue weighted by Crippen LogP contribution is 2.45. The lowest BCUT2D eigenvalue weighted by atomic mass is 9.70. The fourth-order valence-corrected chi connectivity index (χ4v) is 3.73. The average Bonchev–Trinajstić information content (AvgIpc) is 2.44. The number of halogens is 2. The van der Waals surface area contributed by atoms with Crippen LogP contribution in [0.2, 0.25) is 0 Å². The van der Waals surface area contributed by atoms with Crippen LogP contribution in [-0.4, -0.2) is 0 Å². The summed E-state index contributed by atoms with van der Waals surface area (Å²) >= 11 is 2.19. The van der Waals surface area contributed by atoms with E-state index in [0.717, 1.165) is 22.1 Å². The van der Waals surface area contributed by atoms with Gasteiger partial charge in [0.2, 0.25) is 0 Å². The van der Waals surface area contributed by atoms with Gasteiger partial charge in [0, 0.05) is 9.26 Å². The second kappa shape index (κ2) is 5.59. The van der Waals surface area contributed by atoms with Crippen molar-refractivity contribution in [2.24, 2.45) is 5.41 Å². The number of aryl methyl sites for hydroxylation is 1. The van der Waals surface area contributed by atoms with E-state index >= 15 is 0 Å². The summed E-state index contributed by atoms with van der Waals surface area (Å²) in [5.41, 5.74) is 3.97. The molecule has 1 aliphatic rings. The number of hydrogen-bond donors (Lipinski definition) is 1. The van der Waals surface area contributed by atoms with E-state index in [0.29, 0.717) is 0 Å². The van der Waals surface area contributed by atoms with E-state index in [1.165, 1.54) is 17.2 Å². The van der Waals surface area contributed by atoms with Gasteiger partial charge in [0.25, 0.3) is 0 Å². The number of hydrogen-bond acceptors (Lipinski definition) is 1. The first-order valence-electron chi connectivity index (χ1n) is 7.27. The molecule has 0 saturated carbocycles. The van der Waals surface area contributed by atoms with Crippen LogP contribution in [0.5, 0.6) is 0 Å². The van der Waals surface area contributed by atoms with Gasteiger partial charge in [-0.3, -0.25) is 0 Å². The molecular formula is C18H19FIN. The molecule has 1 unspecified atom stereocenters. The number of benzene rings is 2. The molecule has 0 spiro atoms. The van der Waals surface area contributed by atoms with Gasteiger partial charge >= 0.3 is 0 Å². The first-order chi connectivity index (χ1) is 9.97. The monoisotopic (exact) mass is 395 g/mol. The Hall–Kier alpha value is -1.10. The van der Waals surface area contributed by atoms with E-state index in [9.17, 15) is 4.39 Å². The molecule has 0 aliphatic heterocycles. The SMILES string of the molecule is CC1(C)CCc2ccccc2C1Nc1ccc(F)cc1I. The zero-order chi connectivity index (χ0) is 15.0. The Bertz CT molecular complexity index is 666. The highest BCUT2D eigenvalue weighted by molar-refractivity contribution is 14.1. The molecule has 110 valence electrons. The van der Waals surface area contributed by atoms with Crippen LogP contribution in [0.3, 0.4) is 0 Å². The summed E-state index contributed by atoms with van der Waals surface area (Å²) in [6.45, 7) is 4.61. The molecule has 0 saturated heterocycles. The average molecular weight is 395 g/mol. The minimum absolute atomic E-state index is 0.172. The zero-order valence-corrected chi connectivity index (χ0v) is 14.4. The minimum Gasteiger partial charge on any atom is -0.377 e.